The van der Waals surface area contributed by atoms with Crippen molar-refractivity contribution in [1.29, 1.82) is 0 Å². The zero-order chi connectivity index (χ0) is 18.0. The first-order chi connectivity index (χ1) is 12.6. The number of ether oxygens (including phenoxy) is 1. The molecule has 0 radical (unpaired) electrons. The maximum absolute atomic E-state index is 12.8. The van der Waals surface area contributed by atoms with E-state index in [1.54, 1.807) is 10.5 Å². The monoisotopic (exact) mass is 374 g/mol. The fourth-order valence-electron chi connectivity index (χ4n) is 4.15. The molecule has 26 heavy (non-hydrogen) atoms. The fourth-order valence-corrected chi connectivity index (χ4v) is 6.07. The summed E-state index contributed by atoms with van der Waals surface area (Å²) in [6.07, 6.45) is 8.06. The maximum Gasteiger partial charge on any atom is 0.214 e. The van der Waals surface area contributed by atoms with E-state index in [4.69, 9.17) is 4.74 Å². The third kappa shape index (κ3) is 3.86. The molecule has 140 valence electrons. The van der Waals surface area contributed by atoms with E-state index in [1.807, 2.05) is 30.3 Å². The van der Waals surface area contributed by atoms with E-state index in [-0.39, 0.29) is 6.10 Å². The van der Waals surface area contributed by atoms with Crippen LogP contribution in [0.5, 0.6) is 5.75 Å². The molecule has 1 saturated carbocycles. The quantitative estimate of drug-likeness (QED) is 0.802. The van der Waals surface area contributed by atoms with Gasteiger partial charge in [-0.15, -0.1) is 0 Å². The molecule has 1 saturated heterocycles. The number of benzene rings is 1. The van der Waals surface area contributed by atoms with E-state index in [1.165, 1.54) is 19.3 Å². The second-order valence-corrected chi connectivity index (χ2v) is 9.51. The van der Waals surface area contributed by atoms with E-state index in [2.05, 4.69) is 4.98 Å². The van der Waals surface area contributed by atoms with Crippen molar-refractivity contribution in [2.24, 2.45) is 5.92 Å². The Kier molecular flexibility index (Phi) is 5.14. The number of rotatable bonds is 5. The normalized spacial score (nSPS) is 22.7. The first kappa shape index (κ1) is 17.7. The predicted molar refractivity (Wildman–Crippen MR) is 103 cm³/mol. The lowest BCUT2D eigenvalue weighted by molar-refractivity contribution is 0.217. The average molecular weight is 375 g/mol. The summed E-state index contributed by atoms with van der Waals surface area (Å²) >= 11 is 0. The van der Waals surface area contributed by atoms with Gasteiger partial charge in [-0.25, -0.2) is 8.42 Å². The Morgan fingerprint density at radius 2 is 1.88 bits per heavy atom. The molecule has 0 spiro atoms. The number of para-hydroxylation sites is 1. The molecule has 0 bridgehead atoms. The van der Waals surface area contributed by atoms with Crippen LogP contribution in [0.25, 0.3) is 10.9 Å². The molecule has 1 aromatic carbocycles. The molecule has 1 unspecified atom stereocenters. The molecular formula is C20H26N2O3S. The third-order valence-corrected chi connectivity index (χ3v) is 7.57. The van der Waals surface area contributed by atoms with Crippen molar-refractivity contribution >= 4 is 20.9 Å². The predicted octanol–water partition coefficient (Wildman–Crippen LogP) is 3.60. The van der Waals surface area contributed by atoms with Gasteiger partial charge in [0.05, 0.1) is 12.3 Å². The van der Waals surface area contributed by atoms with Gasteiger partial charge in [-0.1, -0.05) is 37.5 Å². The Labute approximate surface area is 155 Å². The molecule has 0 N–H and O–H groups in total. The van der Waals surface area contributed by atoms with Crippen molar-refractivity contribution in [3.63, 3.8) is 0 Å². The molecule has 2 aromatic rings. The van der Waals surface area contributed by atoms with Crippen LogP contribution >= 0.6 is 0 Å². The standard InChI is InChI=1S/C20H26N2O3S/c23-26(24,15-16-6-2-1-3-7-16)22-13-11-18(14-22)25-19-10-4-8-17-9-5-12-21-20(17)19/h4-5,8-10,12,16,18H,1-3,6-7,11,13-15H2. The summed E-state index contributed by atoms with van der Waals surface area (Å²) in [6, 6.07) is 9.78. The highest BCUT2D eigenvalue weighted by Gasteiger charge is 2.34. The van der Waals surface area contributed by atoms with E-state index < -0.39 is 10.0 Å². The number of hydrogen-bond acceptors (Lipinski definition) is 4. The lowest BCUT2D eigenvalue weighted by Gasteiger charge is -2.24. The largest absolute Gasteiger partial charge is 0.487 e. The van der Waals surface area contributed by atoms with E-state index in [0.29, 0.717) is 24.8 Å². The second-order valence-electron chi connectivity index (χ2n) is 7.50. The number of hydrogen-bond donors (Lipinski definition) is 0. The van der Waals surface area contributed by atoms with Gasteiger partial charge in [-0.2, -0.15) is 4.31 Å². The van der Waals surface area contributed by atoms with Crippen LogP contribution in [0.2, 0.25) is 0 Å². The van der Waals surface area contributed by atoms with E-state index >= 15 is 0 Å². The molecule has 1 atom stereocenters. The molecular weight excluding hydrogens is 348 g/mol. The number of nitrogens with zero attached hydrogens (tertiary/aromatic N) is 2. The summed E-state index contributed by atoms with van der Waals surface area (Å²) in [5.74, 6) is 1.37. The molecule has 0 amide bonds. The van der Waals surface area contributed by atoms with Gasteiger partial charge in [0.1, 0.15) is 17.4 Å². The second kappa shape index (κ2) is 7.53. The average Bonchev–Trinajstić information content (AvgIpc) is 3.12. The first-order valence-corrected chi connectivity index (χ1v) is 11.2. The highest BCUT2D eigenvalue weighted by molar-refractivity contribution is 7.89. The number of pyridine rings is 1. The van der Waals surface area contributed by atoms with Gasteiger partial charge < -0.3 is 4.74 Å². The highest BCUT2D eigenvalue weighted by atomic mass is 32.2. The topological polar surface area (TPSA) is 59.5 Å². The van der Waals surface area contributed by atoms with Gasteiger partial charge in [-0.3, -0.25) is 4.98 Å². The van der Waals surface area contributed by atoms with E-state index in [9.17, 15) is 8.42 Å². The Morgan fingerprint density at radius 3 is 2.73 bits per heavy atom. The minimum absolute atomic E-state index is 0.108. The van der Waals surface area contributed by atoms with Crippen molar-refractivity contribution < 1.29 is 13.2 Å². The lowest BCUT2D eigenvalue weighted by atomic mass is 9.91. The number of fused-ring (bicyclic) bond motifs is 1. The van der Waals surface area contributed by atoms with Gasteiger partial charge in [-0.05, 0) is 37.3 Å². The summed E-state index contributed by atoms with van der Waals surface area (Å²) in [7, 11) is -3.19. The van der Waals surface area contributed by atoms with Crippen molar-refractivity contribution in [2.45, 2.75) is 44.6 Å². The molecule has 1 aliphatic heterocycles. The molecule has 2 fully saturated rings. The molecule has 6 heteroatoms. The molecule has 4 rings (SSSR count). The Hall–Kier alpha value is -1.66. The van der Waals surface area contributed by atoms with Crippen LogP contribution in [0.1, 0.15) is 38.5 Å². The van der Waals surface area contributed by atoms with Crippen LogP contribution in [0, 0.1) is 5.92 Å². The number of aromatic nitrogens is 1. The molecule has 1 aliphatic carbocycles. The minimum Gasteiger partial charge on any atom is -0.487 e. The van der Waals surface area contributed by atoms with Gasteiger partial charge in [0.2, 0.25) is 10.0 Å². The van der Waals surface area contributed by atoms with Gasteiger partial charge in [0.25, 0.3) is 0 Å². The van der Waals surface area contributed by atoms with Crippen molar-refractivity contribution in [2.75, 3.05) is 18.8 Å². The van der Waals surface area contributed by atoms with Crippen LogP contribution in [0.4, 0.5) is 0 Å². The Bertz CT molecular complexity index is 857. The van der Waals surface area contributed by atoms with Crippen LogP contribution in [-0.2, 0) is 10.0 Å². The molecule has 1 aromatic heterocycles. The SMILES string of the molecule is O=S(=O)(CC1CCCCC1)N1CCC(Oc2cccc3cccnc23)C1. The van der Waals surface area contributed by atoms with Crippen LogP contribution < -0.4 is 4.74 Å². The molecule has 5 nitrogen and oxygen atoms in total. The maximum atomic E-state index is 12.8. The molecule has 2 heterocycles. The lowest BCUT2D eigenvalue weighted by Crippen LogP contribution is -2.35. The molecule has 2 aliphatic rings. The van der Waals surface area contributed by atoms with Crippen LogP contribution in [-0.4, -0.2) is 42.7 Å². The summed E-state index contributed by atoms with van der Waals surface area (Å²) in [4.78, 5) is 4.41. The summed E-state index contributed by atoms with van der Waals surface area (Å²) < 4.78 is 33.3. The van der Waals surface area contributed by atoms with Gasteiger partial charge in [0.15, 0.2) is 0 Å². The van der Waals surface area contributed by atoms with Crippen molar-refractivity contribution in [3.05, 3.63) is 36.5 Å². The zero-order valence-electron chi connectivity index (χ0n) is 15.0. The van der Waals surface area contributed by atoms with Crippen molar-refractivity contribution in [1.82, 2.24) is 9.29 Å². The Morgan fingerprint density at radius 1 is 1.08 bits per heavy atom. The summed E-state index contributed by atoms with van der Waals surface area (Å²) in [6.45, 7) is 0.996. The van der Waals surface area contributed by atoms with Crippen LogP contribution in [0.3, 0.4) is 0 Å². The zero-order valence-corrected chi connectivity index (χ0v) is 15.8. The van der Waals surface area contributed by atoms with Crippen molar-refractivity contribution in [3.8, 4) is 5.75 Å². The third-order valence-electron chi connectivity index (χ3n) is 5.56. The fraction of sp³-hybridized carbons (Fsp3) is 0.550. The van der Waals surface area contributed by atoms with Crippen LogP contribution in [0.15, 0.2) is 36.5 Å². The summed E-state index contributed by atoms with van der Waals surface area (Å²) in [5.41, 5.74) is 0.832. The highest BCUT2D eigenvalue weighted by Crippen LogP contribution is 2.29. The first-order valence-electron chi connectivity index (χ1n) is 9.60. The Balaban J connectivity index is 1.41. The van der Waals surface area contributed by atoms with Gasteiger partial charge in [0, 0.05) is 18.1 Å². The van der Waals surface area contributed by atoms with Gasteiger partial charge >= 0.3 is 0 Å². The number of sulfonamides is 1. The van der Waals surface area contributed by atoms with E-state index in [0.717, 1.165) is 35.9 Å². The smallest absolute Gasteiger partial charge is 0.214 e. The summed E-state index contributed by atoms with van der Waals surface area (Å²) in [5, 5.41) is 1.03. The minimum atomic E-state index is -3.19.